The highest BCUT2D eigenvalue weighted by molar-refractivity contribution is 5.92. The van der Waals surface area contributed by atoms with Crippen LogP contribution in [0.15, 0.2) is 71.8 Å². The van der Waals surface area contributed by atoms with Crippen LogP contribution in [-0.4, -0.2) is 76.3 Å². The molecule has 9 atom stereocenters. The van der Waals surface area contributed by atoms with Crippen LogP contribution in [0.25, 0.3) is 0 Å². The quantitative estimate of drug-likeness (QED) is 0.219. The van der Waals surface area contributed by atoms with E-state index in [0.717, 1.165) is 5.56 Å². The molecule has 0 aromatic heterocycles. The summed E-state index contributed by atoms with van der Waals surface area (Å²) in [5, 5.41) is 23.8. The molecule has 2 N–H and O–H groups in total. The first-order valence-electron chi connectivity index (χ1n) is 17.0. The number of esters is 2. The summed E-state index contributed by atoms with van der Waals surface area (Å²) in [6, 6.07) is 17.2. The van der Waals surface area contributed by atoms with Gasteiger partial charge >= 0.3 is 18.1 Å². The fourth-order valence-corrected chi connectivity index (χ4v) is 8.51. The highest BCUT2D eigenvalue weighted by Gasteiger charge is 2.77. The van der Waals surface area contributed by atoms with Gasteiger partial charge in [-0.3, -0.25) is 9.59 Å². The van der Waals surface area contributed by atoms with Gasteiger partial charge in [0.2, 0.25) is 0 Å². The van der Waals surface area contributed by atoms with Gasteiger partial charge in [-0.2, -0.15) is 0 Å². The number of aliphatic hydroxyl groups is 2. The van der Waals surface area contributed by atoms with Crippen LogP contribution in [0.2, 0.25) is 0 Å². The molecule has 0 unspecified atom stereocenters. The Morgan fingerprint density at radius 2 is 1.56 bits per heavy atom. The average molecular weight is 693 g/mol. The maximum atomic E-state index is 15.3. The summed E-state index contributed by atoms with van der Waals surface area (Å²) in [5.74, 6) is -4.08. The SMILES string of the molecule is CC(=O)O[C@@]12CO[C@@H]1C[C@H](OC(=O)OCc1ccccc1)[C@@]1(C)C(=O)[C@H](C)/C(=C(\C)[C@H](C)O)C(C)(C)[C@](C)(O)[C@@H](OC(=O)c3ccccc3)[C@H]21. The number of ether oxygens (including phenoxy) is 5. The highest BCUT2D eigenvalue weighted by Crippen LogP contribution is 2.63. The summed E-state index contributed by atoms with van der Waals surface area (Å²) in [5.41, 5.74) is -4.78. The summed E-state index contributed by atoms with van der Waals surface area (Å²) in [6.07, 6.45) is -5.75. The Kier molecular flexibility index (Phi) is 10.1. The minimum Gasteiger partial charge on any atom is -0.455 e. The molecule has 0 amide bonds. The van der Waals surface area contributed by atoms with Crippen molar-refractivity contribution in [1.82, 2.24) is 0 Å². The molecule has 0 radical (unpaired) electrons. The third kappa shape index (κ3) is 6.13. The van der Waals surface area contributed by atoms with E-state index in [-0.39, 0.29) is 25.2 Å². The van der Waals surface area contributed by atoms with Gasteiger partial charge < -0.3 is 33.9 Å². The smallest absolute Gasteiger partial charge is 0.455 e. The average Bonchev–Trinajstić information content (AvgIpc) is 3.06. The molecule has 1 saturated heterocycles. The largest absolute Gasteiger partial charge is 0.508 e. The molecular formula is C39H48O11. The molecule has 11 heteroatoms. The van der Waals surface area contributed by atoms with Gasteiger partial charge in [-0.15, -0.1) is 0 Å². The molecular weight excluding hydrogens is 644 g/mol. The van der Waals surface area contributed by atoms with E-state index >= 15 is 4.79 Å². The van der Waals surface area contributed by atoms with Crippen molar-refractivity contribution in [2.24, 2.45) is 22.7 Å². The number of hydrogen-bond donors (Lipinski definition) is 2. The van der Waals surface area contributed by atoms with E-state index in [9.17, 15) is 24.6 Å². The molecule has 2 aromatic rings. The summed E-state index contributed by atoms with van der Waals surface area (Å²) in [4.78, 5) is 55.5. The standard InChI is InChI=1S/C39H48O11/c1-22(24(3)40)30-23(2)32(42)37(7)28(48-35(44)46-20-26-15-11-9-12-16-26)19-29-39(21-47-29,50-25(4)41)31(37)33(38(8,45)36(30,5)6)49-34(43)27-17-13-10-14-18-27/h9-18,23-24,28-29,31,33,40,45H,19-21H2,1-8H3/b30-22-/t23-,24+,28+,29-,31+,33+,37-,38-,39+/m1/s1. The zero-order valence-electron chi connectivity index (χ0n) is 29.9. The number of benzene rings is 2. The first kappa shape index (κ1) is 37.2. The molecule has 0 bridgehead atoms. The fourth-order valence-electron chi connectivity index (χ4n) is 8.51. The summed E-state index contributed by atoms with van der Waals surface area (Å²) in [6.45, 7) is 12.5. The van der Waals surface area contributed by atoms with Crippen molar-refractivity contribution in [2.45, 2.75) is 104 Å². The van der Waals surface area contributed by atoms with E-state index in [4.69, 9.17) is 23.7 Å². The lowest BCUT2D eigenvalue weighted by molar-refractivity contribution is -0.342. The Morgan fingerprint density at radius 3 is 2.10 bits per heavy atom. The maximum absolute atomic E-state index is 15.3. The molecule has 1 aliphatic heterocycles. The lowest BCUT2D eigenvalue weighted by atomic mass is 9.45. The zero-order chi connectivity index (χ0) is 36.8. The van der Waals surface area contributed by atoms with Gasteiger partial charge in [-0.1, -0.05) is 69.3 Å². The highest BCUT2D eigenvalue weighted by atomic mass is 16.7. The number of carbonyl (C=O) groups excluding carboxylic acids is 4. The van der Waals surface area contributed by atoms with E-state index in [1.165, 1.54) is 13.8 Å². The van der Waals surface area contributed by atoms with E-state index in [1.54, 1.807) is 96.1 Å². The molecule has 5 rings (SSSR count). The van der Waals surface area contributed by atoms with Gasteiger partial charge in [0, 0.05) is 24.7 Å². The number of fused-ring (bicyclic) bond motifs is 3. The monoisotopic (exact) mass is 692 g/mol. The lowest BCUT2D eigenvalue weighted by Crippen LogP contribution is -2.80. The molecule has 1 heterocycles. The third-order valence-electron chi connectivity index (χ3n) is 11.5. The van der Waals surface area contributed by atoms with Crippen molar-refractivity contribution in [3.63, 3.8) is 0 Å². The minimum atomic E-state index is -1.98. The van der Waals surface area contributed by atoms with E-state index in [1.807, 2.05) is 6.07 Å². The van der Waals surface area contributed by atoms with Gasteiger partial charge in [0.05, 0.1) is 29.6 Å². The number of ketones is 1. The number of Topliss-reactive ketones (excluding diaryl/α,β-unsaturated/α-hetero) is 1. The van der Waals surface area contributed by atoms with Crippen LogP contribution >= 0.6 is 0 Å². The number of aliphatic hydroxyl groups excluding tert-OH is 1. The molecule has 270 valence electrons. The lowest BCUT2D eigenvalue weighted by Gasteiger charge is -2.66. The summed E-state index contributed by atoms with van der Waals surface area (Å²) >= 11 is 0. The van der Waals surface area contributed by atoms with Crippen LogP contribution in [0.4, 0.5) is 4.79 Å². The van der Waals surface area contributed by atoms with Crippen molar-refractivity contribution >= 4 is 23.9 Å². The molecule has 3 aliphatic rings. The van der Waals surface area contributed by atoms with Crippen LogP contribution in [0, 0.1) is 22.7 Å². The predicted octanol–water partition coefficient (Wildman–Crippen LogP) is 5.35. The van der Waals surface area contributed by atoms with E-state index in [2.05, 4.69) is 0 Å². The Hall–Kier alpha value is -4.06. The van der Waals surface area contributed by atoms with Crippen LogP contribution in [0.3, 0.4) is 0 Å². The Morgan fingerprint density at radius 1 is 0.960 bits per heavy atom. The van der Waals surface area contributed by atoms with Gasteiger partial charge in [-0.25, -0.2) is 9.59 Å². The number of rotatable bonds is 7. The van der Waals surface area contributed by atoms with Crippen molar-refractivity contribution in [3.05, 3.63) is 82.9 Å². The van der Waals surface area contributed by atoms with Crippen LogP contribution in [0.5, 0.6) is 0 Å². The van der Waals surface area contributed by atoms with Crippen molar-refractivity contribution < 1.29 is 53.1 Å². The first-order valence-corrected chi connectivity index (χ1v) is 17.0. The molecule has 2 aliphatic carbocycles. The van der Waals surface area contributed by atoms with Gasteiger partial charge in [-0.05, 0) is 56.5 Å². The molecule has 0 spiro atoms. The first-order chi connectivity index (χ1) is 23.4. The van der Waals surface area contributed by atoms with E-state index in [0.29, 0.717) is 11.1 Å². The van der Waals surface area contributed by atoms with Gasteiger partial charge in [0.15, 0.2) is 5.60 Å². The molecule has 3 fully saturated rings. The number of carbonyl (C=O) groups is 4. The number of hydrogen-bond acceptors (Lipinski definition) is 11. The minimum absolute atomic E-state index is 0.0570. The molecule has 2 saturated carbocycles. The van der Waals surface area contributed by atoms with E-state index < -0.39 is 82.2 Å². The van der Waals surface area contributed by atoms with Gasteiger partial charge in [0.1, 0.15) is 36.3 Å². The topological polar surface area (TPSA) is 155 Å². The van der Waals surface area contributed by atoms with Gasteiger partial charge in [0.25, 0.3) is 0 Å². The second kappa shape index (κ2) is 13.6. The van der Waals surface area contributed by atoms with Crippen LogP contribution in [-0.2, 0) is 39.9 Å². The second-order valence-corrected chi connectivity index (χ2v) is 14.8. The summed E-state index contributed by atoms with van der Waals surface area (Å²) in [7, 11) is 0. The van der Waals surface area contributed by atoms with Crippen molar-refractivity contribution in [1.29, 1.82) is 0 Å². The molecule has 11 nitrogen and oxygen atoms in total. The fraction of sp³-hybridized carbons (Fsp3) is 0.538. The van der Waals surface area contributed by atoms with Crippen molar-refractivity contribution in [3.8, 4) is 0 Å². The Bertz CT molecular complexity index is 1650. The second-order valence-electron chi connectivity index (χ2n) is 14.8. The Balaban J connectivity index is 1.73. The third-order valence-corrected chi connectivity index (χ3v) is 11.5. The molecule has 50 heavy (non-hydrogen) atoms. The van der Waals surface area contributed by atoms with Crippen LogP contribution < -0.4 is 0 Å². The summed E-state index contributed by atoms with van der Waals surface area (Å²) < 4.78 is 29.9. The normalized spacial score (nSPS) is 34.7. The van der Waals surface area contributed by atoms with Crippen molar-refractivity contribution in [2.75, 3.05) is 6.61 Å². The zero-order valence-corrected chi connectivity index (χ0v) is 29.9. The van der Waals surface area contributed by atoms with Crippen LogP contribution in [0.1, 0.15) is 77.7 Å². The predicted molar refractivity (Wildman–Crippen MR) is 181 cm³/mol. The maximum Gasteiger partial charge on any atom is 0.508 e. The molecule has 2 aromatic carbocycles. The Labute approximate surface area is 292 Å².